The second kappa shape index (κ2) is 16.9. The van der Waals surface area contributed by atoms with Crippen molar-refractivity contribution < 1.29 is 24.3 Å². The SMILES string of the molecule is CCC(C)C(NC(=O)C(N)Cc1cnc[nH]1)C(=O)NC(CCSC)C(=O)NC(CCCCN)C(=O)O. The monoisotopic (exact) mass is 527 g/mol. The lowest BCUT2D eigenvalue weighted by atomic mass is 9.97. The van der Waals surface area contributed by atoms with Crippen LogP contribution in [-0.4, -0.2) is 81.5 Å². The summed E-state index contributed by atoms with van der Waals surface area (Å²) in [7, 11) is 0. The number of H-pyrrole nitrogens is 1. The van der Waals surface area contributed by atoms with Crippen molar-refractivity contribution in [3.63, 3.8) is 0 Å². The Balaban J connectivity index is 2.91. The number of carboxylic acids is 1. The van der Waals surface area contributed by atoms with E-state index in [4.69, 9.17) is 11.5 Å². The zero-order chi connectivity index (χ0) is 27.1. The number of rotatable bonds is 18. The van der Waals surface area contributed by atoms with Crippen LogP contribution in [-0.2, 0) is 25.6 Å². The molecule has 13 heteroatoms. The van der Waals surface area contributed by atoms with Gasteiger partial charge >= 0.3 is 5.97 Å². The standard InChI is InChI=1S/C23H41N7O5S/c1-4-14(2)19(30-20(31)16(25)11-15-12-26-13-27-15)22(33)28-17(8-10-36-3)21(32)29-18(23(34)35)7-5-6-9-24/h12-14,16-19H,4-11,24-25H2,1-3H3,(H,26,27)(H,28,33)(H,29,32)(H,30,31)(H,34,35). The van der Waals surface area contributed by atoms with E-state index in [9.17, 15) is 24.3 Å². The topological polar surface area (TPSA) is 205 Å². The van der Waals surface area contributed by atoms with Gasteiger partial charge in [-0.15, -0.1) is 0 Å². The third kappa shape index (κ3) is 11.0. The molecule has 0 saturated heterocycles. The number of imidazole rings is 1. The first-order chi connectivity index (χ1) is 17.1. The van der Waals surface area contributed by atoms with E-state index in [2.05, 4.69) is 25.9 Å². The minimum Gasteiger partial charge on any atom is -0.480 e. The molecular weight excluding hydrogens is 486 g/mol. The zero-order valence-electron chi connectivity index (χ0n) is 21.3. The van der Waals surface area contributed by atoms with Crippen molar-refractivity contribution in [1.29, 1.82) is 0 Å². The highest BCUT2D eigenvalue weighted by Gasteiger charge is 2.32. The number of carbonyl (C=O) groups is 4. The summed E-state index contributed by atoms with van der Waals surface area (Å²) in [6, 6.07) is -3.85. The first-order valence-corrected chi connectivity index (χ1v) is 13.6. The number of hydrogen-bond acceptors (Lipinski definition) is 8. The summed E-state index contributed by atoms with van der Waals surface area (Å²) < 4.78 is 0. The molecule has 1 aromatic rings. The van der Waals surface area contributed by atoms with Gasteiger partial charge in [-0.1, -0.05) is 20.3 Å². The summed E-state index contributed by atoms with van der Waals surface area (Å²) in [5.41, 5.74) is 12.2. The van der Waals surface area contributed by atoms with Crippen molar-refractivity contribution in [2.75, 3.05) is 18.6 Å². The largest absolute Gasteiger partial charge is 0.480 e. The molecule has 204 valence electrons. The van der Waals surface area contributed by atoms with Crippen LogP contribution < -0.4 is 27.4 Å². The van der Waals surface area contributed by atoms with Crippen molar-refractivity contribution in [3.05, 3.63) is 18.2 Å². The summed E-state index contributed by atoms with van der Waals surface area (Å²) in [6.07, 6.45) is 7.48. The number of aliphatic carboxylic acids is 1. The van der Waals surface area contributed by atoms with Gasteiger partial charge in [-0.3, -0.25) is 14.4 Å². The average molecular weight is 528 g/mol. The molecule has 1 heterocycles. The molecule has 5 unspecified atom stereocenters. The number of aromatic amines is 1. The van der Waals surface area contributed by atoms with Crippen molar-refractivity contribution in [2.45, 2.75) is 76.5 Å². The number of hydrogen-bond donors (Lipinski definition) is 7. The molecule has 1 aromatic heterocycles. The normalized spacial score (nSPS) is 15.2. The van der Waals surface area contributed by atoms with E-state index in [1.807, 2.05) is 20.1 Å². The van der Waals surface area contributed by atoms with Crippen LogP contribution in [0.15, 0.2) is 12.5 Å². The molecule has 0 radical (unpaired) electrons. The van der Waals surface area contributed by atoms with Gasteiger partial charge in [-0.05, 0) is 50.2 Å². The van der Waals surface area contributed by atoms with Gasteiger partial charge in [0.15, 0.2) is 0 Å². The molecule has 0 bridgehead atoms. The van der Waals surface area contributed by atoms with Crippen molar-refractivity contribution in [3.8, 4) is 0 Å². The fourth-order valence-corrected chi connectivity index (χ4v) is 3.95. The summed E-state index contributed by atoms with van der Waals surface area (Å²) in [5.74, 6) is -2.42. The molecule has 1 rings (SSSR count). The van der Waals surface area contributed by atoms with Gasteiger partial charge in [-0.2, -0.15) is 11.8 Å². The lowest BCUT2D eigenvalue weighted by molar-refractivity contribution is -0.142. The highest BCUT2D eigenvalue weighted by Crippen LogP contribution is 2.11. The van der Waals surface area contributed by atoms with E-state index in [-0.39, 0.29) is 18.8 Å². The lowest BCUT2D eigenvalue weighted by Gasteiger charge is -2.28. The van der Waals surface area contributed by atoms with Gasteiger partial charge in [0.05, 0.1) is 12.4 Å². The van der Waals surface area contributed by atoms with E-state index in [1.54, 1.807) is 6.20 Å². The molecule has 0 aliphatic carbocycles. The van der Waals surface area contributed by atoms with Crippen LogP contribution in [0.5, 0.6) is 0 Å². The predicted octanol–water partition coefficient (Wildman–Crippen LogP) is -0.253. The molecule has 0 aliphatic heterocycles. The number of amides is 3. The highest BCUT2D eigenvalue weighted by atomic mass is 32.2. The molecule has 5 atom stereocenters. The number of carbonyl (C=O) groups excluding carboxylic acids is 3. The first-order valence-electron chi connectivity index (χ1n) is 12.2. The Morgan fingerprint density at radius 1 is 1.08 bits per heavy atom. The number of aromatic nitrogens is 2. The Labute approximate surface area is 216 Å². The molecule has 36 heavy (non-hydrogen) atoms. The van der Waals surface area contributed by atoms with Gasteiger partial charge in [-0.25, -0.2) is 9.78 Å². The molecule has 0 aromatic carbocycles. The summed E-state index contributed by atoms with van der Waals surface area (Å²) in [6.45, 7) is 4.14. The average Bonchev–Trinajstić information content (AvgIpc) is 3.36. The highest BCUT2D eigenvalue weighted by molar-refractivity contribution is 7.98. The van der Waals surface area contributed by atoms with Gasteiger partial charge in [0.1, 0.15) is 18.1 Å². The van der Waals surface area contributed by atoms with Crippen LogP contribution in [0.1, 0.15) is 51.6 Å². The fourth-order valence-electron chi connectivity index (χ4n) is 3.48. The third-order valence-electron chi connectivity index (χ3n) is 5.93. The van der Waals surface area contributed by atoms with Crippen LogP contribution in [0.25, 0.3) is 0 Å². The fraction of sp³-hybridized carbons (Fsp3) is 0.696. The van der Waals surface area contributed by atoms with Crippen LogP contribution in [0.2, 0.25) is 0 Å². The lowest BCUT2D eigenvalue weighted by Crippen LogP contribution is -2.58. The predicted molar refractivity (Wildman–Crippen MR) is 139 cm³/mol. The van der Waals surface area contributed by atoms with Crippen LogP contribution >= 0.6 is 11.8 Å². The number of unbranched alkanes of at least 4 members (excludes halogenated alkanes) is 1. The Bertz CT molecular complexity index is 824. The van der Waals surface area contributed by atoms with Crippen molar-refractivity contribution in [1.82, 2.24) is 25.9 Å². The molecule has 0 spiro atoms. The van der Waals surface area contributed by atoms with E-state index in [0.717, 1.165) is 0 Å². The maximum absolute atomic E-state index is 13.2. The van der Waals surface area contributed by atoms with Crippen LogP contribution in [0.4, 0.5) is 0 Å². The van der Waals surface area contributed by atoms with E-state index in [1.165, 1.54) is 18.1 Å². The Morgan fingerprint density at radius 2 is 1.78 bits per heavy atom. The minimum absolute atomic E-state index is 0.222. The summed E-state index contributed by atoms with van der Waals surface area (Å²) >= 11 is 1.50. The minimum atomic E-state index is -1.15. The number of nitrogens with zero attached hydrogens (tertiary/aromatic N) is 1. The van der Waals surface area contributed by atoms with Crippen molar-refractivity contribution >= 4 is 35.5 Å². The van der Waals surface area contributed by atoms with E-state index in [0.29, 0.717) is 43.7 Å². The Hall–Kier alpha value is -2.64. The van der Waals surface area contributed by atoms with Gasteiger partial charge in [0.2, 0.25) is 17.7 Å². The number of nitrogens with two attached hydrogens (primary N) is 2. The molecular formula is C23H41N7O5S. The van der Waals surface area contributed by atoms with Gasteiger partial charge < -0.3 is 37.5 Å². The second-order valence-electron chi connectivity index (χ2n) is 8.79. The number of thioether (sulfide) groups is 1. The van der Waals surface area contributed by atoms with Gasteiger partial charge in [0.25, 0.3) is 0 Å². The third-order valence-corrected chi connectivity index (χ3v) is 6.57. The number of carboxylic acid groups (broad SMARTS) is 1. The maximum Gasteiger partial charge on any atom is 0.326 e. The molecule has 0 saturated carbocycles. The van der Waals surface area contributed by atoms with Crippen LogP contribution in [0.3, 0.4) is 0 Å². The Kier molecular flexibility index (Phi) is 14.8. The number of nitrogens with one attached hydrogen (secondary N) is 4. The Morgan fingerprint density at radius 3 is 2.33 bits per heavy atom. The second-order valence-corrected chi connectivity index (χ2v) is 9.77. The molecule has 3 amide bonds. The van der Waals surface area contributed by atoms with Crippen molar-refractivity contribution in [2.24, 2.45) is 17.4 Å². The zero-order valence-corrected chi connectivity index (χ0v) is 22.1. The first kappa shape index (κ1) is 31.4. The van der Waals surface area contributed by atoms with Gasteiger partial charge in [0, 0.05) is 18.3 Å². The summed E-state index contributed by atoms with van der Waals surface area (Å²) in [4.78, 5) is 57.3. The molecule has 9 N–H and O–H groups in total. The quantitative estimate of drug-likeness (QED) is 0.125. The summed E-state index contributed by atoms with van der Waals surface area (Å²) in [5, 5.41) is 17.5. The molecule has 12 nitrogen and oxygen atoms in total. The van der Waals surface area contributed by atoms with E-state index >= 15 is 0 Å². The smallest absolute Gasteiger partial charge is 0.326 e. The van der Waals surface area contributed by atoms with Crippen LogP contribution in [0, 0.1) is 5.92 Å². The van der Waals surface area contributed by atoms with E-state index < -0.39 is 47.9 Å². The molecule has 0 fully saturated rings. The molecule has 0 aliphatic rings. The maximum atomic E-state index is 13.2.